The smallest absolute Gasteiger partial charge is 0.306 e. The lowest BCUT2D eigenvalue weighted by Gasteiger charge is -2.18. The largest absolute Gasteiger partial charge is 0.462 e. The number of allylic oxidation sites excluding steroid dienone is 18. The monoisotopic (exact) mass is 1080 g/mol. The van der Waals surface area contributed by atoms with Gasteiger partial charge in [0.05, 0.1) is 0 Å². The minimum absolute atomic E-state index is 0.103. The zero-order valence-electron chi connectivity index (χ0n) is 51.2. The number of hydrogen-bond acceptors (Lipinski definition) is 6. The predicted molar refractivity (Wildman–Crippen MR) is 339 cm³/mol. The molecular weight excluding hydrogens is 961 g/mol. The first-order chi connectivity index (χ1) is 38.5. The molecule has 0 heterocycles. The van der Waals surface area contributed by atoms with Crippen molar-refractivity contribution in [1.82, 2.24) is 0 Å². The number of hydrogen-bond donors (Lipinski definition) is 0. The van der Waals surface area contributed by atoms with E-state index in [1.54, 1.807) is 0 Å². The van der Waals surface area contributed by atoms with Crippen molar-refractivity contribution in [3.05, 3.63) is 109 Å². The summed E-state index contributed by atoms with van der Waals surface area (Å²) in [7, 11) is 0. The van der Waals surface area contributed by atoms with Gasteiger partial charge in [0, 0.05) is 19.3 Å². The lowest BCUT2D eigenvalue weighted by Crippen LogP contribution is -2.30. The normalized spacial score (nSPS) is 12.8. The maximum atomic E-state index is 12.9. The van der Waals surface area contributed by atoms with Crippen LogP contribution in [0.25, 0.3) is 0 Å². The standard InChI is InChI=1S/C72H122O6/c1-4-7-10-13-16-19-22-25-27-29-31-33-35-37-38-40-42-44-47-50-53-56-59-62-65-71(74)77-68-69(67-76-70(73)64-61-58-55-52-49-46-24-21-18-15-12-9-6-3)78-72(75)66-63-60-57-54-51-48-45-43-41-39-36-34-32-30-28-26-23-20-17-14-11-8-5-2/h8-9,11-12,17-18,20-21,26,28,32,34,39,41,46,49,55,58,69H,4-7,10,13-16,19,22-25,27,29-31,33,35-38,40,42-45,47-48,50-54,56-57,59-68H2,1-3H3/b11-8-,12-9-,20-17-,21-18-,28-26-,34-32-,41-39-,49-46-,58-55-. The van der Waals surface area contributed by atoms with Crippen LogP contribution < -0.4 is 0 Å². The van der Waals surface area contributed by atoms with Crippen LogP contribution in [0.5, 0.6) is 0 Å². The summed E-state index contributed by atoms with van der Waals surface area (Å²) in [6.07, 6.45) is 89.8. The van der Waals surface area contributed by atoms with Gasteiger partial charge < -0.3 is 14.2 Å². The quantitative estimate of drug-likeness (QED) is 0.0261. The predicted octanol–water partition coefficient (Wildman–Crippen LogP) is 22.6. The van der Waals surface area contributed by atoms with E-state index in [0.717, 1.165) is 109 Å². The molecule has 0 aliphatic rings. The van der Waals surface area contributed by atoms with E-state index in [2.05, 4.69) is 124 Å². The van der Waals surface area contributed by atoms with Gasteiger partial charge in [-0.15, -0.1) is 0 Å². The van der Waals surface area contributed by atoms with Gasteiger partial charge in [0.15, 0.2) is 6.10 Å². The van der Waals surface area contributed by atoms with Gasteiger partial charge in [-0.05, 0) is 89.9 Å². The SMILES string of the molecule is CC/C=C\C/C=C\C/C=C\C/C=C\C/C=C\CCCCCCCCCC(=O)OC(COC(=O)CC/C=C\C/C=C\C/C=C\C/C=C\CC)COC(=O)CCCCCCCCCCCCCCCCCCCCCCCCCC. The topological polar surface area (TPSA) is 78.9 Å². The number of rotatable bonds is 59. The number of carbonyl (C=O) groups excluding carboxylic acids is 3. The van der Waals surface area contributed by atoms with Gasteiger partial charge in [0.1, 0.15) is 13.2 Å². The Kier molecular flexibility index (Phi) is 62.3. The highest BCUT2D eigenvalue weighted by atomic mass is 16.6. The van der Waals surface area contributed by atoms with E-state index in [9.17, 15) is 14.4 Å². The molecule has 0 aliphatic carbocycles. The molecule has 0 N–H and O–H groups in total. The first-order valence-electron chi connectivity index (χ1n) is 32.9. The highest BCUT2D eigenvalue weighted by molar-refractivity contribution is 5.71. The molecule has 446 valence electrons. The second-order valence-corrected chi connectivity index (χ2v) is 21.6. The van der Waals surface area contributed by atoms with Crippen molar-refractivity contribution in [1.29, 1.82) is 0 Å². The number of esters is 3. The third kappa shape index (κ3) is 62.9. The van der Waals surface area contributed by atoms with Crippen LogP contribution in [0.3, 0.4) is 0 Å². The van der Waals surface area contributed by atoms with E-state index in [1.165, 1.54) is 154 Å². The molecule has 1 unspecified atom stereocenters. The molecule has 0 spiro atoms. The van der Waals surface area contributed by atoms with Gasteiger partial charge >= 0.3 is 17.9 Å². The summed E-state index contributed by atoms with van der Waals surface area (Å²) in [6.45, 7) is 6.37. The van der Waals surface area contributed by atoms with Gasteiger partial charge in [-0.3, -0.25) is 14.4 Å². The molecule has 0 bridgehead atoms. The van der Waals surface area contributed by atoms with Crippen LogP contribution in [-0.2, 0) is 28.6 Å². The van der Waals surface area contributed by atoms with Crippen molar-refractivity contribution in [2.75, 3.05) is 13.2 Å². The molecule has 78 heavy (non-hydrogen) atoms. The molecule has 0 aromatic heterocycles. The maximum Gasteiger partial charge on any atom is 0.306 e. The summed E-state index contributed by atoms with van der Waals surface area (Å²) in [4.78, 5) is 38.3. The summed E-state index contributed by atoms with van der Waals surface area (Å²) in [5.41, 5.74) is 0. The minimum atomic E-state index is -0.815. The molecule has 6 nitrogen and oxygen atoms in total. The lowest BCUT2D eigenvalue weighted by atomic mass is 10.0. The second-order valence-electron chi connectivity index (χ2n) is 21.6. The van der Waals surface area contributed by atoms with Crippen LogP contribution in [0.2, 0.25) is 0 Å². The summed E-state index contributed by atoms with van der Waals surface area (Å²) >= 11 is 0. The van der Waals surface area contributed by atoms with Gasteiger partial charge in [0.2, 0.25) is 0 Å². The Hall–Kier alpha value is -3.93. The Morgan fingerprint density at radius 1 is 0.269 bits per heavy atom. The summed E-state index contributed by atoms with van der Waals surface area (Å²) in [6, 6.07) is 0. The molecule has 0 saturated carbocycles. The molecule has 6 heteroatoms. The Bertz CT molecular complexity index is 1570. The van der Waals surface area contributed by atoms with E-state index in [1.807, 2.05) is 6.08 Å². The Labute approximate surface area is 482 Å². The summed E-state index contributed by atoms with van der Waals surface area (Å²) < 4.78 is 16.9. The van der Waals surface area contributed by atoms with Crippen molar-refractivity contribution in [2.24, 2.45) is 0 Å². The van der Waals surface area contributed by atoms with Crippen molar-refractivity contribution in [3.63, 3.8) is 0 Å². The van der Waals surface area contributed by atoms with E-state index in [4.69, 9.17) is 14.2 Å². The molecule has 0 saturated heterocycles. The first-order valence-corrected chi connectivity index (χ1v) is 32.9. The number of ether oxygens (including phenoxy) is 3. The zero-order chi connectivity index (χ0) is 56.4. The number of unbranched alkanes of at least 4 members (excludes halogenated alkanes) is 30. The van der Waals surface area contributed by atoms with Gasteiger partial charge in [-0.2, -0.15) is 0 Å². The van der Waals surface area contributed by atoms with Gasteiger partial charge in [-0.25, -0.2) is 0 Å². The van der Waals surface area contributed by atoms with Crippen LogP contribution in [0.15, 0.2) is 109 Å². The van der Waals surface area contributed by atoms with Crippen LogP contribution in [0.1, 0.15) is 310 Å². The van der Waals surface area contributed by atoms with Gasteiger partial charge in [-0.1, -0.05) is 310 Å². The first kappa shape index (κ1) is 74.1. The average Bonchev–Trinajstić information content (AvgIpc) is 3.44. The van der Waals surface area contributed by atoms with Crippen molar-refractivity contribution in [3.8, 4) is 0 Å². The molecule has 0 rings (SSSR count). The lowest BCUT2D eigenvalue weighted by molar-refractivity contribution is -0.166. The fourth-order valence-electron chi connectivity index (χ4n) is 9.19. The average molecular weight is 1080 g/mol. The van der Waals surface area contributed by atoms with E-state index < -0.39 is 6.10 Å². The summed E-state index contributed by atoms with van der Waals surface area (Å²) in [5, 5.41) is 0. The fraction of sp³-hybridized carbons (Fsp3) is 0.708. The molecule has 0 amide bonds. The second kappa shape index (κ2) is 65.6. The van der Waals surface area contributed by atoms with Crippen LogP contribution in [0.4, 0.5) is 0 Å². The molecule has 0 radical (unpaired) electrons. The molecule has 0 aromatic rings. The Morgan fingerprint density at radius 2 is 0.526 bits per heavy atom. The molecule has 1 atom stereocenters. The van der Waals surface area contributed by atoms with Crippen LogP contribution in [0, 0.1) is 0 Å². The van der Waals surface area contributed by atoms with E-state index in [-0.39, 0.29) is 37.5 Å². The van der Waals surface area contributed by atoms with Crippen LogP contribution in [-0.4, -0.2) is 37.2 Å². The van der Waals surface area contributed by atoms with Crippen molar-refractivity contribution >= 4 is 17.9 Å². The zero-order valence-corrected chi connectivity index (χ0v) is 51.2. The van der Waals surface area contributed by atoms with Crippen LogP contribution >= 0.6 is 0 Å². The third-order valence-corrected chi connectivity index (χ3v) is 14.0. The Balaban J connectivity index is 4.36. The summed E-state index contributed by atoms with van der Waals surface area (Å²) in [5.74, 6) is -0.990. The highest BCUT2D eigenvalue weighted by Gasteiger charge is 2.19. The Morgan fingerprint density at radius 3 is 0.859 bits per heavy atom. The molecule has 0 aromatic carbocycles. The van der Waals surface area contributed by atoms with E-state index in [0.29, 0.717) is 19.3 Å². The van der Waals surface area contributed by atoms with Crippen molar-refractivity contribution < 1.29 is 28.6 Å². The molecule has 0 fully saturated rings. The fourth-order valence-corrected chi connectivity index (χ4v) is 9.19. The minimum Gasteiger partial charge on any atom is -0.462 e. The van der Waals surface area contributed by atoms with E-state index >= 15 is 0 Å². The highest BCUT2D eigenvalue weighted by Crippen LogP contribution is 2.17. The molecule has 0 aliphatic heterocycles. The maximum absolute atomic E-state index is 12.9. The third-order valence-electron chi connectivity index (χ3n) is 14.0. The van der Waals surface area contributed by atoms with Crippen molar-refractivity contribution in [2.45, 2.75) is 316 Å². The number of carbonyl (C=O) groups is 3. The van der Waals surface area contributed by atoms with Gasteiger partial charge in [0.25, 0.3) is 0 Å². The molecular formula is C72H122O6.